The molecular formula is C11H11IN2O2S. The molecule has 6 heteroatoms. The van der Waals surface area contributed by atoms with Gasteiger partial charge < -0.3 is 0 Å². The number of hydrogen-bond donors (Lipinski definition) is 0. The van der Waals surface area contributed by atoms with Gasteiger partial charge in [-0.25, -0.2) is 8.42 Å². The molecule has 0 aliphatic rings. The lowest BCUT2D eigenvalue weighted by atomic mass is 10.2. The molecule has 0 saturated carbocycles. The molecule has 4 nitrogen and oxygen atoms in total. The molecule has 0 spiro atoms. The molecule has 1 heterocycles. The predicted molar refractivity (Wildman–Crippen MR) is 75.2 cm³/mol. The Morgan fingerprint density at radius 2 is 1.94 bits per heavy atom. The molecule has 0 amide bonds. The maximum Gasteiger partial charge on any atom is 0.254 e. The van der Waals surface area contributed by atoms with Crippen LogP contribution in [0.1, 0.15) is 6.92 Å². The van der Waals surface area contributed by atoms with Gasteiger partial charge in [0.1, 0.15) is 0 Å². The standard InChI is InChI=1S/C11H11IN2O2S/c1-2-17(15,16)14-11(10(12)8-13-14)9-6-4-3-5-7-9/h3-8H,2H2,1H3. The Morgan fingerprint density at radius 1 is 1.29 bits per heavy atom. The summed E-state index contributed by atoms with van der Waals surface area (Å²) in [4.78, 5) is 0. The first-order chi connectivity index (χ1) is 8.06. The van der Waals surface area contributed by atoms with Gasteiger partial charge in [-0.2, -0.15) is 9.19 Å². The largest absolute Gasteiger partial charge is 0.254 e. The highest BCUT2D eigenvalue weighted by Crippen LogP contribution is 2.26. The lowest BCUT2D eigenvalue weighted by Crippen LogP contribution is -2.17. The van der Waals surface area contributed by atoms with Crippen molar-refractivity contribution in [1.29, 1.82) is 0 Å². The van der Waals surface area contributed by atoms with Crippen molar-refractivity contribution in [3.05, 3.63) is 40.1 Å². The minimum absolute atomic E-state index is 0.0323. The second kappa shape index (κ2) is 4.77. The molecule has 0 fully saturated rings. The SMILES string of the molecule is CCS(=O)(=O)n1ncc(I)c1-c1ccccc1. The Kier molecular flexibility index (Phi) is 3.53. The third-order valence-electron chi connectivity index (χ3n) is 2.37. The molecule has 1 aromatic carbocycles. The van der Waals surface area contributed by atoms with Crippen LogP contribution in [0.5, 0.6) is 0 Å². The molecule has 1 aromatic heterocycles. The van der Waals surface area contributed by atoms with Gasteiger partial charge in [-0.3, -0.25) is 0 Å². The van der Waals surface area contributed by atoms with Crippen LogP contribution >= 0.6 is 22.6 Å². The molecule has 0 bridgehead atoms. The predicted octanol–water partition coefficient (Wildman–Crippen LogP) is 2.35. The number of aromatic nitrogens is 2. The van der Waals surface area contributed by atoms with Gasteiger partial charge in [0.25, 0.3) is 10.0 Å². The summed E-state index contributed by atoms with van der Waals surface area (Å²) in [6.45, 7) is 1.61. The lowest BCUT2D eigenvalue weighted by Gasteiger charge is -2.07. The summed E-state index contributed by atoms with van der Waals surface area (Å²) in [5, 5.41) is 3.96. The third kappa shape index (κ3) is 2.37. The van der Waals surface area contributed by atoms with E-state index in [0.29, 0.717) is 5.69 Å². The highest BCUT2D eigenvalue weighted by atomic mass is 127. The maximum atomic E-state index is 11.9. The Balaban J connectivity index is 2.67. The Morgan fingerprint density at radius 3 is 2.53 bits per heavy atom. The molecule has 2 rings (SSSR count). The van der Waals surface area contributed by atoms with Gasteiger partial charge in [0.05, 0.1) is 21.2 Å². The van der Waals surface area contributed by atoms with E-state index >= 15 is 0 Å². The minimum atomic E-state index is -3.36. The summed E-state index contributed by atoms with van der Waals surface area (Å²) in [6.07, 6.45) is 1.57. The van der Waals surface area contributed by atoms with E-state index in [0.717, 1.165) is 13.2 Å². The van der Waals surface area contributed by atoms with Crippen molar-refractivity contribution < 1.29 is 8.42 Å². The lowest BCUT2D eigenvalue weighted by molar-refractivity contribution is 0.582. The van der Waals surface area contributed by atoms with Crippen molar-refractivity contribution in [3.8, 4) is 11.3 Å². The topological polar surface area (TPSA) is 52.0 Å². The van der Waals surface area contributed by atoms with Crippen molar-refractivity contribution >= 4 is 32.6 Å². The number of nitrogens with zero attached hydrogens (tertiary/aromatic N) is 2. The summed E-state index contributed by atoms with van der Waals surface area (Å²) < 4.78 is 25.8. The quantitative estimate of drug-likeness (QED) is 0.788. The third-order valence-corrected chi connectivity index (χ3v) is 4.69. The van der Waals surface area contributed by atoms with Gasteiger partial charge in [0.2, 0.25) is 0 Å². The first-order valence-electron chi connectivity index (χ1n) is 5.08. The molecule has 2 aromatic rings. The van der Waals surface area contributed by atoms with Crippen LogP contribution in [0.3, 0.4) is 0 Å². The first kappa shape index (κ1) is 12.6. The number of halogens is 1. The number of hydrogen-bond acceptors (Lipinski definition) is 3. The van der Waals surface area contributed by atoms with Gasteiger partial charge in [-0.05, 0) is 29.5 Å². The van der Waals surface area contributed by atoms with E-state index in [1.165, 1.54) is 0 Å². The van der Waals surface area contributed by atoms with Crippen molar-refractivity contribution in [2.75, 3.05) is 5.75 Å². The molecule has 0 N–H and O–H groups in total. The molecule has 0 unspecified atom stereocenters. The van der Waals surface area contributed by atoms with E-state index in [2.05, 4.69) is 27.7 Å². The van der Waals surface area contributed by atoms with E-state index in [9.17, 15) is 8.42 Å². The smallest absolute Gasteiger partial charge is 0.205 e. The average molecular weight is 362 g/mol. The van der Waals surface area contributed by atoms with Crippen LogP contribution in [0, 0.1) is 3.57 Å². The van der Waals surface area contributed by atoms with Crippen LogP contribution in [0.4, 0.5) is 0 Å². The summed E-state index contributed by atoms with van der Waals surface area (Å²) >= 11 is 2.09. The second-order valence-corrected chi connectivity index (χ2v) is 6.70. The van der Waals surface area contributed by atoms with Crippen molar-refractivity contribution in [2.45, 2.75) is 6.92 Å². The molecular weight excluding hydrogens is 351 g/mol. The van der Waals surface area contributed by atoms with Crippen LogP contribution in [0.2, 0.25) is 0 Å². The fraction of sp³-hybridized carbons (Fsp3) is 0.182. The van der Waals surface area contributed by atoms with Crippen LogP contribution in [0.15, 0.2) is 36.5 Å². The van der Waals surface area contributed by atoms with Crippen LogP contribution in [0.25, 0.3) is 11.3 Å². The summed E-state index contributed by atoms with van der Waals surface area (Å²) in [6, 6.07) is 9.40. The maximum absolute atomic E-state index is 11.9. The molecule has 0 saturated heterocycles. The van der Waals surface area contributed by atoms with E-state index in [1.807, 2.05) is 30.3 Å². The molecule has 17 heavy (non-hydrogen) atoms. The number of benzene rings is 1. The van der Waals surface area contributed by atoms with Crippen LogP contribution < -0.4 is 0 Å². The van der Waals surface area contributed by atoms with Gasteiger partial charge >= 0.3 is 0 Å². The highest BCUT2D eigenvalue weighted by Gasteiger charge is 2.19. The molecule has 90 valence electrons. The van der Waals surface area contributed by atoms with Gasteiger partial charge in [0.15, 0.2) is 0 Å². The minimum Gasteiger partial charge on any atom is -0.205 e. The van der Waals surface area contributed by atoms with E-state index in [1.54, 1.807) is 13.1 Å². The first-order valence-corrected chi connectivity index (χ1v) is 7.77. The van der Waals surface area contributed by atoms with E-state index in [4.69, 9.17) is 0 Å². The summed E-state index contributed by atoms with van der Waals surface area (Å²) in [5.74, 6) is 0.0323. The Bertz CT molecular complexity index is 620. The van der Waals surface area contributed by atoms with Crippen LogP contribution in [-0.4, -0.2) is 23.4 Å². The zero-order valence-electron chi connectivity index (χ0n) is 9.17. The Labute approximate surface area is 114 Å². The molecule has 0 aliphatic carbocycles. The fourth-order valence-electron chi connectivity index (χ4n) is 1.49. The monoisotopic (exact) mass is 362 g/mol. The fourth-order valence-corrected chi connectivity index (χ4v) is 3.24. The number of rotatable bonds is 3. The van der Waals surface area contributed by atoms with Crippen molar-refractivity contribution in [3.63, 3.8) is 0 Å². The molecule has 0 radical (unpaired) electrons. The second-order valence-electron chi connectivity index (χ2n) is 3.45. The zero-order chi connectivity index (χ0) is 12.5. The highest BCUT2D eigenvalue weighted by molar-refractivity contribution is 14.1. The summed E-state index contributed by atoms with van der Waals surface area (Å²) in [5.41, 5.74) is 1.49. The van der Waals surface area contributed by atoms with Gasteiger partial charge in [-0.1, -0.05) is 30.3 Å². The molecule has 0 aliphatic heterocycles. The average Bonchev–Trinajstić information content (AvgIpc) is 2.73. The normalized spacial score (nSPS) is 11.6. The summed E-state index contributed by atoms with van der Waals surface area (Å²) in [7, 11) is -3.36. The van der Waals surface area contributed by atoms with Crippen molar-refractivity contribution in [1.82, 2.24) is 9.19 Å². The van der Waals surface area contributed by atoms with Gasteiger partial charge in [-0.15, -0.1) is 0 Å². The van der Waals surface area contributed by atoms with E-state index < -0.39 is 10.0 Å². The van der Waals surface area contributed by atoms with E-state index in [-0.39, 0.29) is 5.75 Å². The Hall–Kier alpha value is -0.890. The van der Waals surface area contributed by atoms with Crippen LogP contribution in [-0.2, 0) is 10.0 Å². The van der Waals surface area contributed by atoms with Gasteiger partial charge in [0, 0.05) is 5.56 Å². The molecule has 0 atom stereocenters. The zero-order valence-corrected chi connectivity index (χ0v) is 12.1. The van der Waals surface area contributed by atoms with Crippen molar-refractivity contribution in [2.24, 2.45) is 0 Å².